The van der Waals surface area contributed by atoms with E-state index in [2.05, 4.69) is 15.4 Å². The van der Waals surface area contributed by atoms with Gasteiger partial charge in [-0.05, 0) is 43.4 Å². The molecule has 0 spiro atoms. The summed E-state index contributed by atoms with van der Waals surface area (Å²) in [5, 5.41) is 7.21. The van der Waals surface area contributed by atoms with Crippen LogP contribution in [0.5, 0.6) is 0 Å². The fourth-order valence-electron chi connectivity index (χ4n) is 3.12. The number of nitrogens with zero attached hydrogens (tertiary/aromatic N) is 3. The summed E-state index contributed by atoms with van der Waals surface area (Å²) in [7, 11) is 0. The second-order valence-corrected chi connectivity index (χ2v) is 6.08. The summed E-state index contributed by atoms with van der Waals surface area (Å²) in [5.74, 6) is 0.752. The maximum Gasteiger partial charge on any atom is 0.220 e. The van der Waals surface area contributed by atoms with E-state index in [0.717, 1.165) is 11.3 Å². The van der Waals surface area contributed by atoms with Crippen LogP contribution in [0.1, 0.15) is 50.6 Å². The zero-order chi connectivity index (χ0) is 15.4. The number of hydrogen-bond donors (Lipinski definition) is 1. The average molecular weight is 298 g/mol. The fraction of sp³-hybridized carbons (Fsp3) is 0.471. The zero-order valence-corrected chi connectivity index (χ0v) is 12.9. The number of aromatic nitrogens is 3. The minimum absolute atomic E-state index is 0.0266. The van der Waals surface area contributed by atoms with E-state index in [1.165, 1.54) is 32.0 Å². The van der Waals surface area contributed by atoms with Gasteiger partial charge in [0.2, 0.25) is 5.91 Å². The van der Waals surface area contributed by atoms with Crippen LogP contribution < -0.4 is 5.32 Å². The Morgan fingerprint density at radius 2 is 2.05 bits per heavy atom. The van der Waals surface area contributed by atoms with Crippen molar-refractivity contribution in [3.05, 3.63) is 42.5 Å². The largest absolute Gasteiger partial charge is 0.350 e. The molecule has 2 aromatic rings. The van der Waals surface area contributed by atoms with Crippen molar-refractivity contribution in [1.82, 2.24) is 20.1 Å². The van der Waals surface area contributed by atoms with Crippen molar-refractivity contribution in [3.63, 3.8) is 0 Å². The molecule has 5 heteroatoms. The lowest BCUT2D eigenvalue weighted by Crippen LogP contribution is -2.27. The number of benzene rings is 1. The first-order valence-electron chi connectivity index (χ1n) is 7.96. The van der Waals surface area contributed by atoms with Crippen LogP contribution in [-0.4, -0.2) is 20.7 Å². The molecule has 5 nitrogen and oxygen atoms in total. The number of nitrogens with one attached hydrogen (secondary N) is 1. The summed E-state index contributed by atoms with van der Waals surface area (Å²) in [5.41, 5.74) is 2.06. The van der Waals surface area contributed by atoms with Crippen LogP contribution in [0.2, 0.25) is 0 Å². The van der Waals surface area contributed by atoms with Gasteiger partial charge in [0, 0.05) is 6.42 Å². The van der Waals surface area contributed by atoms with Crippen molar-refractivity contribution in [2.75, 3.05) is 0 Å². The number of hydrogen-bond acceptors (Lipinski definition) is 3. The number of carbonyl (C=O) groups excluding carboxylic acids is 1. The van der Waals surface area contributed by atoms with Crippen LogP contribution in [0.4, 0.5) is 0 Å². The highest BCUT2D eigenvalue weighted by atomic mass is 16.1. The van der Waals surface area contributed by atoms with E-state index in [4.69, 9.17) is 0 Å². The second kappa shape index (κ2) is 6.73. The molecule has 0 bridgehead atoms. The molecule has 0 radical (unpaired) electrons. The Balaban J connectivity index is 1.57. The van der Waals surface area contributed by atoms with Crippen molar-refractivity contribution < 1.29 is 4.79 Å². The average Bonchev–Trinajstić information content (AvgIpc) is 3.20. The first kappa shape index (κ1) is 14.8. The highest BCUT2D eigenvalue weighted by Gasteiger charge is 2.19. The van der Waals surface area contributed by atoms with Gasteiger partial charge in [-0.15, -0.1) is 0 Å². The molecule has 116 valence electrons. The predicted molar refractivity (Wildman–Crippen MR) is 84.5 cm³/mol. The molecule has 1 aliphatic carbocycles. The van der Waals surface area contributed by atoms with Gasteiger partial charge in [0.05, 0.1) is 11.7 Å². The maximum absolute atomic E-state index is 12.1. The van der Waals surface area contributed by atoms with E-state index in [-0.39, 0.29) is 11.9 Å². The topological polar surface area (TPSA) is 59.8 Å². The lowest BCUT2D eigenvalue weighted by molar-refractivity contribution is -0.122. The summed E-state index contributed by atoms with van der Waals surface area (Å²) in [6, 6.07) is 8.06. The van der Waals surface area contributed by atoms with Gasteiger partial charge in [0.1, 0.15) is 12.7 Å². The molecule has 1 heterocycles. The summed E-state index contributed by atoms with van der Waals surface area (Å²) in [6.45, 7) is 2.02. The first-order chi connectivity index (χ1) is 10.7. The molecule has 1 aromatic carbocycles. The predicted octanol–water partition coefficient (Wildman–Crippen LogP) is 3.02. The van der Waals surface area contributed by atoms with Gasteiger partial charge in [0.25, 0.3) is 0 Å². The number of rotatable bonds is 5. The third-order valence-electron chi connectivity index (χ3n) is 4.40. The van der Waals surface area contributed by atoms with Crippen molar-refractivity contribution in [2.45, 2.75) is 45.1 Å². The normalized spacial score (nSPS) is 16.6. The molecule has 0 unspecified atom stereocenters. The SMILES string of the molecule is C[C@H](NC(=O)CC1CCCC1)c1ccc(-n2cncn2)cc1. The summed E-state index contributed by atoms with van der Waals surface area (Å²) in [6.07, 6.45) is 8.81. The monoisotopic (exact) mass is 298 g/mol. The number of carbonyl (C=O) groups is 1. The smallest absolute Gasteiger partial charge is 0.220 e. The third-order valence-corrected chi connectivity index (χ3v) is 4.40. The van der Waals surface area contributed by atoms with Crippen LogP contribution in [0.15, 0.2) is 36.9 Å². The molecule has 1 aromatic heterocycles. The Morgan fingerprint density at radius 3 is 2.68 bits per heavy atom. The fourth-order valence-corrected chi connectivity index (χ4v) is 3.12. The Hall–Kier alpha value is -2.17. The molecule has 0 aliphatic heterocycles. The van der Waals surface area contributed by atoms with Gasteiger partial charge in [0.15, 0.2) is 0 Å². The van der Waals surface area contributed by atoms with E-state index in [0.29, 0.717) is 12.3 Å². The Labute approximate surface area is 130 Å². The van der Waals surface area contributed by atoms with Gasteiger partial charge in [-0.25, -0.2) is 9.67 Å². The summed E-state index contributed by atoms with van der Waals surface area (Å²) < 4.78 is 1.72. The molecule has 1 N–H and O–H groups in total. The van der Waals surface area contributed by atoms with E-state index < -0.39 is 0 Å². The van der Waals surface area contributed by atoms with Crippen LogP contribution in [0, 0.1) is 5.92 Å². The molecule has 1 atom stereocenters. The molecule has 3 rings (SSSR count). The van der Waals surface area contributed by atoms with Crippen molar-refractivity contribution in [2.24, 2.45) is 5.92 Å². The molecule has 0 saturated heterocycles. The molecule has 1 amide bonds. The van der Waals surface area contributed by atoms with E-state index in [9.17, 15) is 4.79 Å². The molecular weight excluding hydrogens is 276 g/mol. The summed E-state index contributed by atoms with van der Waals surface area (Å²) in [4.78, 5) is 16.0. The lowest BCUT2D eigenvalue weighted by atomic mass is 10.0. The summed E-state index contributed by atoms with van der Waals surface area (Å²) >= 11 is 0. The minimum Gasteiger partial charge on any atom is -0.350 e. The van der Waals surface area contributed by atoms with Crippen LogP contribution in [0.3, 0.4) is 0 Å². The van der Waals surface area contributed by atoms with Crippen molar-refractivity contribution in [3.8, 4) is 5.69 Å². The van der Waals surface area contributed by atoms with Gasteiger partial charge in [-0.3, -0.25) is 4.79 Å². The number of amides is 1. The Kier molecular flexibility index (Phi) is 4.51. The third kappa shape index (κ3) is 3.53. The minimum atomic E-state index is 0.0266. The molecule has 1 aliphatic rings. The lowest BCUT2D eigenvalue weighted by Gasteiger charge is -2.16. The van der Waals surface area contributed by atoms with E-state index >= 15 is 0 Å². The van der Waals surface area contributed by atoms with Crippen molar-refractivity contribution >= 4 is 5.91 Å². The zero-order valence-electron chi connectivity index (χ0n) is 12.9. The van der Waals surface area contributed by atoms with Crippen molar-refractivity contribution in [1.29, 1.82) is 0 Å². The van der Waals surface area contributed by atoms with Gasteiger partial charge in [-0.2, -0.15) is 5.10 Å². The quantitative estimate of drug-likeness (QED) is 0.923. The van der Waals surface area contributed by atoms with Gasteiger partial charge < -0.3 is 5.32 Å². The molecular formula is C17H22N4O. The molecule has 1 saturated carbocycles. The Bertz CT molecular complexity index is 600. The van der Waals surface area contributed by atoms with E-state index in [1.54, 1.807) is 11.0 Å². The van der Waals surface area contributed by atoms with Crippen LogP contribution in [-0.2, 0) is 4.79 Å². The van der Waals surface area contributed by atoms with Crippen LogP contribution in [0.25, 0.3) is 5.69 Å². The van der Waals surface area contributed by atoms with E-state index in [1.807, 2.05) is 31.2 Å². The highest BCUT2D eigenvalue weighted by molar-refractivity contribution is 5.76. The first-order valence-corrected chi connectivity index (χ1v) is 7.96. The molecule has 22 heavy (non-hydrogen) atoms. The van der Waals surface area contributed by atoms with Gasteiger partial charge in [-0.1, -0.05) is 25.0 Å². The Morgan fingerprint density at radius 1 is 1.32 bits per heavy atom. The van der Waals surface area contributed by atoms with Crippen LogP contribution >= 0.6 is 0 Å². The van der Waals surface area contributed by atoms with Gasteiger partial charge >= 0.3 is 0 Å². The molecule has 1 fully saturated rings. The standard InChI is InChI=1S/C17H22N4O/c1-13(20-17(22)10-14-4-2-3-5-14)15-6-8-16(9-7-15)21-12-18-11-19-21/h6-9,11-14H,2-5,10H2,1H3,(H,20,22)/t13-/m0/s1. The second-order valence-electron chi connectivity index (χ2n) is 6.08. The maximum atomic E-state index is 12.1. The highest BCUT2D eigenvalue weighted by Crippen LogP contribution is 2.27.